The zero-order valence-electron chi connectivity index (χ0n) is 12.2. The molecule has 1 saturated carbocycles. The summed E-state index contributed by atoms with van der Waals surface area (Å²) in [6, 6.07) is 2.78. The highest BCUT2D eigenvalue weighted by molar-refractivity contribution is 8.00. The number of nitrogens with one attached hydrogen (secondary N) is 1. The second kappa shape index (κ2) is 5.74. The molecule has 1 N–H and O–H groups in total. The van der Waals surface area contributed by atoms with Gasteiger partial charge in [-0.15, -0.1) is 0 Å². The van der Waals surface area contributed by atoms with Crippen LogP contribution in [0.2, 0.25) is 5.02 Å². The maximum atomic E-state index is 6.45. The lowest BCUT2D eigenvalue weighted by Crippen LogP contribution is -2.43. The van der Waals surface area contributed by atoms with E-state index in [9.17, 15) is 0 Å². The van der Waals surface area contributed by atoms with Crippen molar-refractivity contribution in [3.05, 3.63) is 22.8 Å². The van der Waals surface area contributed by atoms with Crippen LogP contribution in [0.25, 0.3) is 0 Å². The Kier molecular flexibility index (Phi) is 4.16. The zero-order valence-corrected chi connectivity index (χ0v) is 13.7. The topological polar surface area (TPSA) is 28.2 Å². The van der Waals surface area contributed by atoms with E-state index in [-0.39, 0.29) is 4.75 Å². The third kappa shape index (κ3) is 3.60. The Bertz CT molecular complexity index is 488. The number of anilines is 1. The molecule has 0 spiro atoms. The molecular weight excluding hydrogens is 290 g/mol. The van der Waals surface area contributed by atoms with E-state index >= 15 is 0 Å². The summed E-state index contributed by atoms with van der Waals surface area (Å²) >= 11 is 8.47. The van der Waals surface area contributed by atoms with Gasteiger partial charge >= 0.3 is 0 Å². The van der Waals surface area contributed by atoms with E-state index in [4.69, 9.17) is 11.6 Å². The second-order valence-corrected chi connectivity index (χ2v) is 8.54. The van der Waals surface area contributed by atoms with Gasteiger partial charge in [0.15, 0.2) is 0 Å². The minimum Gasteiger partial charge on any atom is -0.353 e. The Morgan fingerprint density at radius 1 is 1.50 bits per heavy atom. The van der Waals surface area contributed by atoms with Crippen molar-refractivity contribution in [2.24, 2.45) is 0 Å². The quantitative estimate of drug-likeness (QED) is 0.923. The van der Waals surface area contributed by atoms with Crippen molar-refractivity contribution in [1.82, 2.24) is 10.3 Å². The number of hydrogen-bond donors (Lipinski definition) is 1. The van der Waals surface area contributed by atoms with E-state index in [2.05, 4.69) is 35.1 Å². The Balaban J connectivity index is 1.69. The van der Waals surface area contributed by atoms with Gasteiger partial charge in [0, 0.05) is 42.4 Å². The molecule has 1 aromatic heterocycles. The van der Waals surface area contributed by atoms with Crippen molar-refractivity contribution in [2.45, 2.75) is 44.0 Å². The summed E-state index contributed by atoms with van der Waals surface area (Å²) < 4.78 is 0.273. The van der Waals surface area contributed by atoms with Gasteiger partial charge in [-0.3, -0.25) is 0 Å². The molecule has 1 aliphatic carbocycles. The van der Waals surface area contributed by atoms with Crippen LogP contribution in [0.15, 0.2) is 12.3 Å². The predicted molar refractivity (Wildman–Crippen MR) is 87.9 cm³/mol. The molecule has 3 rings (SSSR count). The van der Waals surface area contributed by atoms with E-state index in [0.29, 0.717) is 6.04 Å². The number of rotatable bonds is 4. The van der Waals surface area contributed by atoms with Gasteiger partial charge < -0.3 is 10.2 Å². The summed E-state index contributed by atoms with van der Waals surface area (Å²) in [6.07, 6.45) is 4.57. The average Bonchev–Trinajstić information content (AvgIpc) is 3.19. The van der Waals surface area contributed by atoms with Crippen LogP contribution in [-0.4, -0.2) is 34.6 Å². The predicted octanol–water partition coefficient (Wildman–Crippen LogP) is 3.32. The number of aromatic nitrogens is 1. The Morgan fingerprint density at radius 3 is 2.95 bits per heavy atom. The summed E-state index contributed by atoms with van der Waals surface area (Å²) in [5, 5.41) is 4.28. The maximum absolute atomic E-state index is 6.45. The second-order valence-electron chi connectivity index (χ2n) is 6.33. The van der Waals surface area contributed by atoms with Crippen molar-refractivity contribution in [3.8, 4) is 0 Å². The number of hydrogen-bond acceptors (Lipinski definition) is 4. The summed E-state index contributed by atoms with van der Waals surface area (Å²) in [5.74, 6) is 2.07. The highest BCUT2D eigenvalue weighted by Crippen LogP contribution is 2.34. The average molecular weight is 312 g/mol. The van der Waals surface area contributed by atoms with Gasteiger partial charge in [0.25, 0.3) is 0 Å². The molecule has 2 fully saturated rings. The molecule has 1 aromatic rings. The van der Waals surface area contributed by atoms with E-state index in [0.717, 1.165) is 36.2 Å². The van der Waals surface area contributed by atoms with Gasteiger partial charge in [-0.25, -0.2) is 4.98 Å². The zero-order chi connectivity index (χ0) is 14.2. The minimum absolute atomic E-state index is 0.273. The van der Waals surface area contributed by atoms with Gasteiger partial charge in [0.1, 0.15) is 5.82 Å². The van der Waals surface area contributed by atoms with Crippen molar-refractivity contribution >= 4 is 29.2 Å². The Labute approximate surface area is 130 Å². The van der Waals surface area contributed by atoms with Crippen LogP contribution >= 0.6 is 23.4 Å². The lowest BCUT2D eigenvalue weighted by atomic mass is 10.2. The number of nitrogens with zero attached hydrogens (tertiary/aromatic N) is 2. The van der Waals surface area contributed by atoms with Gasteiger partial charge in [-0.1, -0.05) is 11.6 Å². The van der Waals surface area contributed by atoms with Gasteiger partial charge in [0.2, 0.25) is 0 Å². The smallest absolute Gasteiger partial charge is 0.147 e. The molecule has 110 valence electrons. The summed E-state index contributed by atoms with van der Waals surface area (Å²) in [6.45, 7) is 7.47. The van der Waals surface area contributed by atoms with Gasteiger partial charge in [-0.2, -0.15) is 11.8 Å². The largest absolute Gasteiger partial charge is 0.353 e. The molecular formula is C15H22ClN3S. The molecule has 0 unspecified atom stereocenters. The van der Waals surface area contributed by atoms with Crippen LogP contribution in [0.5, 0.6) is 0 Å². The molecule has 1 saturated heterocycles. The van der Waals surface area contributed by atoms with Gasteiger partial charge in [0.05, 0.1) is 5.02 Å². The minimum atomic E-state index is 0.273. The summed E-state index contributed by atoms with van der Waals surface area (Å²) in [7, 11) is 0. The first kappa shape index (κ1) is 14.5. The third-order valence-corrected chi connectivity index (χ3v) is 5.35. The highest BCUT2D eigenvalue weighted by Gasteiger charge is 2.28. The highest BCUT2D eigenvalue weighted by atomic mass is 35.5. The number of halogens is 1. The molecule has 20 heavy (non-hydrogen) atoms. The summed E-state index contributed by atoms with van der Waals surface area (Å²) in [4.78, 5) is 6.93. The fraction of sp³-hybridized carbons (Fsp3) is 0.667. The SMILES string of the molecule is CC1(C)CN(c2ncc(CNC3CC3)cc2Cl)CCS1. The molecule has 3 nitrogen and oxygen atoms in total. The summed E-state index contributed by atoms with van der Waals surface area (Å²) in [5.41, 5.74) is 1.18. The van der Waals surface area contributed by atoms with E-state index < -0.39 is 0 Å². The van der Waals surface area contributed by atoms with E-state index in [1.165, 1.54) is 18.4 Å². The van der Waals surface area contributed by atoms with Crippen molar-refractivity contribution in [1.29, 1.82) is 0 Å². The van der Waals surface area contributed by atoms with Crippen molar-refractivity contribution < 1.29 is 0 Å². The van der Waals surface area contributed by atoms with Crippen LogP contribution < -0.4 is 10.2 Å². The molecule has 0 atom stereocenters. The van der Waals surface area contributed by atoms with Crippen molar-refractivity contribution in [2.75, 3.05) is 23.7 Å². The van der Waals surface area contributed by atoms with Crippen LogP contribution in [0.4, 0.5) is 5.82 Å². The third-order valence-electron chi connectivity index (χ3n) is 3.78. The number of pyridine rings is 1. The molecule has 0 aromatic carbocycles. The van der Waals surface area contributed by atoms with Crippen LogP contribution in [0.3, 0.4) is 0 Å². The first-order valence-corrected chi connectivity index (χ1v) is 8.67. The van der Waals surface area contributed by atoms with E-state index in [1.807, 2.05) is 18.0 Å². The van der Waals surface area contributed by atoms with Crippen molar-refractivity contribution in [3.63, 3.8) is 0 Å². The fourth-order valence-electron chi connectivity index (χ4n) is 2.55. The monoisotopic (exact) mass is 311 g/mol. The molecule has 2 heterocycles. The first-order chi connectivity index (χ1) is 9.53. The maximum Gasteiger partial charge on any atom is 0.147 e. The van der Waals surface area contributed by atoms with Crippen LogP contribution in [0, 0.1) is 0 Å². The lowest BCUT2D eigenvalue weighted by molar-refractivity contribution is 0.641. The van der Waals surface area contributed by atoms with E-state index in [1.54, 1.807) is 0 Å². The molecule has 2 aliphatic rings. The standard InChI is InChI=1S/C15H22ClN3S/c1-15(2)10-19(5-6-20-15)14-13(16)7-11(9-18-14)8-17-12-3-4-12/h7,9,12,17H,3-6,8,10H2,1-2H3. The lowest BCUT2D eigenvalue weighted by Gasteiger charge is -2.38. The normalized spacial score (nSPS) is 22.1. The fourth-order valence-corrected chi connectivity index (χ4v) is 3.97. The molecule has 0 radical (unpaired) electrons. The van der Waals surface area contributed by atoms with Crippen LogP contribution in [0.1, 0.15) is 32.3 Å². The Hall–Kier alpha value is -0.450. The number of thioether (sulfide) groups is 1. The molecule has 0 bridgehead atoms. The Morgan fingerprint density at radius 2 is 2.30 bits per heavy atom. The molecule has 5 heteroatoms. The molecule has 1 aliphatic heterocycles. The first-order valence-electron chi connectivity index (χ1n) is 7.30. The molecule has 0 amide bonds. The van der Waals surface area contributed by atoms with Crippen LogP contribution in [-0.2, 0) is 6.54 Å². The van der Waals surface area contributed by atoms with Gasteiger partial charge in [-0.05, 0) is 38.3 Å².